The summed E-state index contributed by atoms with van der Waals surface area (Å²) in [6, 6.07) is 1.24. The maximum Gasteiger partial charge on any atom is 0.184 e. The zero-order valence-corrected chi connectivity index (χ0v) is 8.82. The Hall–Kier alpha value is 0.137. The van der Waals surface area contributed by atoms with Crippen molar-refractivity contribution < 1.29 is 9.16 Å². The Labute approximate surface area is 70.6 Å². The molecular formula is C8H18O2Si. The lowest BCUT2D eigenvalue weighted by molar-refractivity contribution is 0.0257. The normalized spacial score (nSPS) is 21.8. The van der Waals surface area contributed by atoms with E-state index in [2.05, 4.69) is 20.8 Å². The molecule has 0 bridgehead atoms. The van der Waals surface area contributed by atoms with E-state index in [0.29, 0.717) is 6.10 Å². The Morgan fingerprint density at radius 3 is 2.45 bits per heavy atom. The predicted molar refractivity (Wildman–Crippen MR) is 48.4 cm³/mol. The van der Waals surface area contributed by atoms with Gasteiger partial charge >= 0.3 is 0 Å². The van der Waals surface area contributed by atoms with Crippen LogP contribution in [0.4, 0.5) is 0 Å². The van der Waals surface area contributed by atoms with Crippen molar-refractivity contribution in [3.8, 4) is 0 Å². The second-order valence-corrected chi connectivity index (χ2v) is 6.54. The molecule has 0 aromatic heterocycles. The molecule has 1 heterocycles. The van der Waals surface area contributed by atoms with Crippen LogP contribution >= 0.6 is 0 Å². The maximum absolute atomic E-state index is 5.86. The van der Waals surface area contributed by atoms with E-state index in [1.807, 2.05) is 0 Å². The third-order valence-electron chi connectivity index (χ3n) is 2.04. The van der Waals surface area contributed by atoms with Crippen LogP contribution in [0, 0.1) is 0 Å². The minimum Gasteiger partial charge on any atom is -0.417 e. The molecule has 0 aromatic carbocycles. The Morgan fingerprint density at radius 1 is 1.55 bits per heavy atom. The molecule has 1 saturated heterocycles. The molecule has 1 atom stereocenters. The molecule has 0 aliphatic carbocycles. The van der Waals surface area contributed by atoms with Gasteiger partial charge in [0.05, 0.1) is 13.2 Å². The van der Waals surface area contributed by atoms with E-state index < -0.39 is 9.04 Å². The first-order valence-corrected chi connectivity index (χ1v) is 6.42. The van der Waals surface area contributed by atoms with E-state index >= 15 is 0 Å². The van der Waals surface area contributed by atoms with E-state index in [1.165, 1.54) is 6.04 Å². The molecule has 2 nitrogen and oxygen atoms in total. The van der Waals surface area contributed by atoms with Gasteiger partial charge in [-0.2, -0.15) is 0 Å². The first-order chi connectivity index (χ1) is 5.24. The number of rotatable bonds is 4. The quantitative estimate of drug-likeness (QED) is 0.602. The lowest BCUT2D eigenvalue weighted by Gasteiger charge is -2.32. The highest BCUT2D eigenvalue weighted by Crippen LogP contribution is 2.24. The van der Waals surface area contributed by atoms with Gasteiger partial charge in [-0.25, -0.2) is 0 Å². The molecule has 0 N–H and O–H groups in total. The van der Waals surface area contributed by atoms with Crippen LogP contribution < -0.4 is 0 Å². The molecule has 1 fully saturated rings. The van der Waals surface area contributed by atoms with E-state index in [1.54, 1.807) is 0 Å². The summed E-state index contributed by atoms with van der Waals surface area (Å²) in [5.74, 6) is 0. The SMILES string of the molecule is CC[SiH](OC(C)C)C1COC1. The Bertz CT molecular complexity index is 113. The second-order valence-electron chi connectivity index (χ2n) is 3.43. The van der Waals surface area contributed by atoms with Crippen molar-refractivity contribution in [2.45, 2.75) is 38.5 Å². The average molecular weight is 174 g/mol. The fourth-order valence-electron chi connectivity index (χ4n) is 1.36. The smallest absolute Gasteiger partial charge is 0.184 e. The standard InChI is InChI=1S/C8H18O2Si/c1-4-11(10-7(2)3)8-5-9-6-8/h7-8,11H,4-6H2,1-3H3. The van der Waals surface area contributed by atoms with Crippen molar-refractivity contribution in [2.75, 3.05) is 13.2 Å². The van der Waals surface area contributed by atoms with Crippen molar-refractivity contribution >= 4 is 9.04 Å². The summed E-state index contributed by atoms with van der Waals surface area (Å²) < 4.78 is 11.0. The van der Waals surface area contributed by atoms with E-state index in [-0.39, 0.29) is 0 Å². The van der Waals surface area contributed by atoms with Gasteiger partial charge in [0.1, 0.15) is 0 Å². The summed E-state index contributed by atoms with van der Waals surface area (Å²) in [6.45, 7) is 8.39. The van der Waals surface area contributed by atoms with Crippen LogP contribution in [-0.4, -0.2) is 28.4 Å². The molecule has 11 heavy (non-hydrogen) atoms. The topological polar surface area (TPSA) is 18.5 Å². The molecule has 1 aliphatic heterocycles. The van der Waals surface area contributed by atoms with Gasteiger partial charge in [0.15, 0.2) is 9.04 Å². The van der Waals surface area contributed by atoms with Gasteiger partial charge < -0.3 is 9.16 Å². The predicted octanol–water partition coefficient (Wildman–Crippen LogP) is 1.56. The highest BCUT2D eigenvalue weighted by molar-refractivity contribution is 6.54. The van der Waals surface area contributed by atoms with Crippen molar-refractivity contribution in [1.29, 1.82) is 0 Å². The first kappa shape index (κ1) is 9.23. The lowest BCUT2D eigenvalue weighted by atomic mass is 10.4. The average Bonchev–Trinajstić information content (AvgIpc) is 1.81. The van der Waals surface area contributed by atoms with E-state index in [4.69, 9.17) is 9.16 Å². The van der Waals surface area contributed by atoms with Crippen molar-refractivity contribution in [3.63, 3.8) is 0 Å². The van der Waals surface area contributed by atoms with Gasteiger partial charge in [0, 0.05) is 11.6 Å². The summed E-state index contributed by atoms with van der Waals surface area (Å²) in [4.78, 5) is 0. The monoisotopic (exact) mass is 174 g/mol. The second kappa shape index (κ2) is 4.23. The number of ether oxygens (including phenoxy) is 1. The van der Waals surface area contributed by atoms with Crippen LogP contribution in [0.15, 0.2) is 0 Å². The van der Waals surface area contributed by atoms with Crippen LogP contribution in [0.25, 0.3) is 0 Å². The minimum absolute atomic E-state index is 0.409. The number of hydrogen-bond donors (Lipinski definition) is 0. The highest BCUT2D eigenvalue weighted by Gasteiger charge is 2.30. The maximum atomic E-state index is 5.86. The van der Waals surface area contributed by atoms with Gasteiger partial charge in [-0.15, -0.1) is 0 Å². The molecule has 3 heteroatoms. The first-order valence-electron chi connectivity index (χ1n) is 4.47. The van der Waals surface area contributed by atoms with E-state index in [0.717, 1.165) is 18.8 Å². The Morgan fingerprint density at radius 2 is 2.18 bits per heavy atom. The molecule has 0 saturated carbocycles. The molecule has 1 aliphatic rings. The number of hydrogen-bond acceptors (Lipinski definition) is 2. The third-order valence-corrected chi connectivity index (χ3v) is 5.17. The third kappa shape index (κ3) is 2.58. The fraction of sp³-hybridized carbons (Fsp3) is 1.00. The van der Waals surface area contributed by atoms with Crippen LogP contribution in [0.1, 0.15) is 20.8 Å². The summed E-state index contributed by atoms with van der Waals surface area (Å²) in [5.41, 5.74) is 0.794. The van der Waals surface area contributed by atoms with Gasteiger partial charge in [-0.1, -0.05) is 6.92 Å². The van der Waals surface area contributed by atoms with Crippen molar-refractivity contribution in [3.05, 3.63) is 0 Å². The summed E-state index contributed by atoms with van der Waals surface area (Å²) >= 11 is 0. The lowest BCUT2D eigenvalue weighted by Crippen LogP contribution is -2.38. The molecular weight excluding hydrogens is 156 g/mol. The molecule has 1 unspecified atom stereocenters. The largest absolute Gasteiger partial charge is 0.417 e. The van der Waals surface area contributed by atoms with Crippen LogP contribution in [0.2, 0.25) is 11.6 Å². The zero-order valence-electron chi connectivity index (χ0n) is 7.67. The highest BCUT2D eigenvalue weighted by atomic mass is 28.3. The molecule has 0 amide bonds. The molecule has 0 radical (unpaired) electrons. The van der Waals surface area contributed by atoms with Crippen LogP contribution in [0.5, 0.6) is 0 Å². The van der Waals surface area contributed by atoms with Gasteiger partial charge in [-0.3, -0.25) is 0 Å². The summed E-state index contributed by atoms with van der Waals surface area (Å²) in [7, 11) is -0.903. The molecule has 0 spiro atoms. The van der Waals surface area contributed by atoms with Gasteiger partial charge in [0.25, 0.3) is 0 Å². The molecule has 0 aromatic rings. The van der Waals surface area contributed by atoms with Crippen LogP contribution in [-0.2, 0) is 9.16 Å². The Balaban J connectivity index is 2.23. The van der Waals surface area contributed by atoms with Gasteiger partial charge in [-0.05, 0) is 19.9 Å². The Kier molecular flexibility index (Phi) is 3.55. The zero-order chi connectivity index (χ0) is 8.27. The minimum atomic E-state index is -0.903. The van der Waals surface area contributed by atoms with Crippen LogP contribution in [0.3, 0.4) is 0 Å². The van der Waals surface area contributed by atoms with E-state index in [9.17, 15) is 0 Å². The summed E-state index contributed by atoms with van der Waals surface area (Å²) in [6.07, 6.45) is 0.409. The van der Waals surface area contributed by atoms with Crippen molar-refractivity contribution in [1.82, 2.24) is 0 Å². The molecule has 66 valence electrons. The summed E-state index contributed by atoms with van der Waals surface area (Å²) in [5, 5.41) is 0. The fourth-order valence-corrected chi connectivity index (χ4v) is 3.84. The molecule has 1 rings (SSSR count). The van der Waals surface area contributed by atoms with Crippen molar-refractivity contribution in [2.24, 2.45) is 0 Å². The van der Waals surface area contributed by atoms with Gasteiger partial charge in [0.2, 0.25) is 0 Å².